The average Bonchev–Trinajstić information content (AvgIpc) is 2.72. The summed E-state index contributed by atoms with van der Waals surface area (Å²) in [4.78, 5) is 23.4. The second kappa shape index (κ2) is 4.30. The first-order valence-electron chi connectivity index (χ1n) is 7.51. The van der Waals surface area contributed by atoms with Gasteiger partial charge in [-0.25, -0.2) is 5.43 Å². The maximum absolute atomic E-state index is 12.3. The lowest BCUT2D eigenvalue weighted by Crippen LogP contribution is -2.49. The quantitative estimate of drug-likeness (QED) is 0.804. The Balaban J connectivity index is 1.71. The lowest BCUT2D eigenvalue weighted by molar-refractivity contribution is -0.121. The molecule has 2 aliphatic carbocycles. The van der Waals surface area contributed by atoms with E-state index >= 15 is 0 Å². The maximum Gasteiger partial charge on any atom is 0.267 e. The fourth-order valence-electron chi connectivity index (χ4n) is 4.30. The van der Waals surface area contributed by atoms with Crippen LogP contribution in [-0.2, 0) is 9.59 Å². The molecule has 0 radical (unpaired) electrons. The SMILES string of the molecule is CC1(C)C2CCC1(C)C(NC(=O)C1=NNC(=O)CC1)C2. The van der Waals surface area contributed by atoms with Crippen molar-refractivity contribution in [2.24, 2.45) is 21.8 Å². The molecule has 3 aliphatic rings. The molecular formula is C15H23N3O2. The summed E-state index contributed by atoms with van der Waals surface area (Å²) in [5.74, 6) is 0.472. The Bertz CT molecular complexity index is 497. The van der Waals surface area contributed by atoms with Gasteiger partial charge in [-0.15, -0.1) is 0 Å². The van der Waals surface area contributed by atoms with E-state index in [4.69, 9.17) is 0 Å². The number of hydrogen-bond donors (Lipinski definition) is 2. The summed E-state index contributed by atoms with van der Waals surface area (Å²) in [6, 6.07) is 0.226. The van der Waals surface area contributed by atoms with E-state index in [0.717, 1.165) is 6.42 Å². The summed E-state index contributed by atoms with van der Waals surface area (Å²) in [6.45, 7) is 6.96. The van der Waals surface area contributed by atoms with Crippen molar-refractivity contribution in [3.05, 3.63) is 0 Å². The van der Waals surface area contributed by atoms with E-state index in [0.29, 0.717) is 24.5 Å². The van der Waals surface area contributed by atoms with Crippen molar-refractivity contribution in [3.63, 3.8) is 0 Å². The van der Waals surface area contributed by atoms with Gasteiger partial charge in [0.25, 0.3) is 5.91 Å². The van der Waals surface area contributed by atoms with E-state index in [-0.39, 0.29) is 28.7 Å². The summed E-state index contributed by atoms with van der Waals surface area (Å²) in [5, 5.41) is 7.05. The van der Waals surface area contributed by atoms with Gasteiger partial charge in [0, 0.05) is 18.9 Å². The van der Waals surface area contributed by atoms with Gasteiger partial charge in [0.05, 0.1) is 0 Å². The topological polar surface area (TPSA) is 70.6 Å². The molecule has 2 amide bonds. The van der Waals surface area contributed by atoms with Crippen LogP contribution in [0.25, 0.3) is 0 Å². The third kappa shape index (κ3) is 1.79. The second-order valence-corrected chi connectivity index (χ2v) is 7.23. The van der Waals surface area contributed by atoms with Crippen molar-refractivity contribution in [2.45, 2.75) is 58.9 Å². The number of nitrogens with one attached hydrogen (secondary N) is 2. The minimum atomic E-state index is -0.116. The van der Waals surface area contributed by atoms with Gasteiger partial charge in [0.1, 0.15) is 5.71 Å². The first-order valence-corrected chi connectivity index (χ1v) is 7.51. The van der Waals surface area contributed by atoms with Crippen LogP contribution in [0.2, 0.25) is 0 Å². The van der Waals surface area contributed by atoms with Gasteiger partial charge in [-0.1, -0.05) is 20.8 Å². The third-order valence-electron chi connectivity index (χ3n) is 6.27. The van der Waals surface area contributed by atoms with Crippen LogP contribution < -0.4 is 10.7 Å². The summed E-state index contributed by atoms with van der Waals surface area (Å²) >= 11 is 0. The lowest BCUT2D eigenvalue weighted by Gasteiger charge is -2.39. The normalized spacial score (nSPS) is 38.4. The predicted octanol–water partition coefficient (Wildman–Crippen LogP) is 1.58. The molecule has 3 rings (SSSR count). The van der Waals surface area contributed by atoms with Crippen LogP contribution in [0.1, 0.15) is 52.9 Å². The monoisotopic (exact) mass is 277 g/mol. The highest BCUT2D eigenvalue weighted by Crippen LogP contribution is 2.65. The molecule has 5 heteroatoms. The molecule has 1 heterocycles. The van der Waals surface area contributed by atoms with Crippen molar-refractivity contribution in [2.75, 3.05) is 0 Å². The molecule has 0 aromatic carbocycles. The molecule has 2 fully saturated rings. The van der Waals surface area contributed by atoms with Crippen LogP contribution in [0.5, 0.6) is 0 Å². The Morgan fingerprint density at radius 1 is 1.35 bits per heavy atom. The van der Waals surface area contributed by atoms with Crippen molar-refractivity contribution in [1.82, 2.24) is 10.7 Å². The minimum absolute atomic E-state index is 0.112. The number of hydrazone groups is 1. The molecule has 3 unspecified atom stereocenters. The summed E-state index contributed by atoms with van der Waals surface area (Å²) in [5.41, 5.74) is 3.30. The zero-order valence-electron chi connectivity index (χ0n) is 12.5. The molecule has 2 bridgehead atoms. The van der Waals surface area contributed by atoms with Gasteiger partial charge >= 0.3 is 0 Å². The molecule has 5 nitrogen and oxygen atoms in total. The number of rotatable bonds is 2. The second-order valence-electron chi connectivity index (χ2n) is 7.23. The third-order valence-corrected chi connectivity index (χ3v) is 6.27. The molecule has 1 aliphatic heterocycles. The first-order chi connectivity index (χ1) is 9.34. The van der Waals surface area contributed by atoms with Gasteiger partial charge in [0.15, 0.2) is 0 Å². The highest BCUT2D eigenvalue weighted by atomic mass is 16.2. The Labute approximate surface area is 119 Å². The maximum atomic E-state index is 12.3. The van der Waals surface area contributed by atoms with Crippen molar-refractivity contribution in [3.8, 4) is 0 Å². The van der Waals surface area contributed by atoms with Crippen LogP contribution >= 0.6 is 0 Å². The Morgan fingerprint density at radius 3 is 2.60 bits per heavy atom. The van der Waals surface area contributed by atoms with E-state index in [9.17, 15) is 9.59 Å². The molecular weight excluding hydrogens is 254 g/mol. The number of carbonyl (C=O) groups excluding carboxylic acids is 2. The fourth-order valence-corrected chi connectivity index (χ4v) is 4.30. The number of amides is 2. The van der Waals surface area contributed by atoms with Crippen molar-refractivity contribution in [1.29, 1.82) is 0 Å². The predicted molar refractivity (Wildman–Crippen MR) is 76.0 cm³/mol. The van der Waals surface area contributed by atoms with E-state index in [1.807, 2.05) is 0 Å². The highest BCUT2D eigenvalue weighted by Gasteiger charge is 2.61. The highest BCUT2D eigenvalue weighted by molar-refractivity contribution is 6.39. The molecule has 110 valence electrons. The van der Waals surface area contributed by atoms with Gasteiger partial charge < -0.3 is 5.32 Å². The van der Waals surface area contributed by atoms with Crippen LogP contribution in [0, 0.1) is 16.7 Å². The van der Waals surface area contributed by atoms with E-state index < -0.39 is 0 Å². The molecule has 0 spiro atoms. The molecule has 2 saturated carbocycles. The first kappa shape index (κ1) is 13.6. The average molecular weight is 277 g/mol. The summed E-state index contributed by atoms with van der Waals surface area (Å²) in [7, 11) is 0. The van der Waals surface area contributed by atoms with Crippen LogP contribution in [0.4, 0.5) is 0 Å². The van der Waals surface area contributed by atoms with Crippen molar-refractivity contribution < 1.29 is 9.59 Å². The smallest absolute Gasteiger partial charge is 0.267 e. The molecule has 0 aromatic rings. The standard InChI is InChI=1S/C15H23N3O2/c1-14(2)9-6-7-15(14,3)11(8-9)16-13(20)10-4-5-12(19)18-17-10/h9,11H,4-8H2,1-3H3,(H,16,20)(H,18,19). The molecule has 3 atom stereocenters. The zero-order valence-corrected chi connectivity index (χ0v) is 12.5. The zero-order chi connectivity index (χ0) is 14.5. The summed E-state index contributed by atoms with van der Waals surface area (Å²) in [6.07, 6.45) is 4.30. The van der Waals surface area contributed by atoms with E-state index in [1.54, 1.807) is 0 Å². The van der Waals surface area contributed by atoms with Crippen LogP contribution in [0.3, 0.4) is 0 Å². The van der Waals surface area contributed by atoms with Gasteiger partial charge in [-0.2, -0.15) is 5.10 Å². The summed E-state index contributed by atoms with van der Waals surface area (Å²) < 4.78 is 0. The number of fused-ring (bicyclic) bond motifs is 2. The largest absolute Gasteiger partial charge is 0.348 e. The molecule has 0 saturated heterocycles. The molecule has 0 aromatic heterocycles. The minimum Gasteiger partial charge on any atom is -0.348 e. The fraction of sp³-hybridized carbons (Fsp3) is 0.800. The van der Waals surface area contributed by atoms with Crippen molar-refractivity contribution >= 4 is 17.5 Å². The van der Waals surface area contributed by atoms with Gasteiger partial charge in [-0.3, -0.25) is 9.59 Å². The molecule has 2 N–H and O–H groups in total. The van der Waals surface area contributed by atoms with Gasteiger partial charge in [-0.05, 0) is 36.0 Å². The number of carbonyl (C=O) groups is 2. The van der Waals surface area contributed by atoms with E-state index in [1.165, 1.54) is 12.8 Å². The Morgan fingerprint density at radius 2 is 2.10 bits per heavy atom. The Hall–Kier alpha value is -1.39. The Kier molecular flexibility index (Phi) is 2.92. The van der Waals surface area contributed by atoms with E-state index in [2.05, 4.69) is 36.6 Å². The number of nitrogens with zero attached hydrogens (tertiary/aromatic N) is 1. The van der Waals surface area contributed by atoms with Crippen LogP contribution in [0.15, 0.2) is 5.10 Å². The van der Waals surface area contributed by atoms with Crippen LogP contribution in [-0.4, -0.2) is 23.6 Å². The van der Waals surface area contributed by atoms with Gasteiger partial charge in [0.2, 0.25) is 5.91 Å². The number of hydrogen-bond acceptors (Lipinski definition) is 3. The molecule has 20 heavy (non-hydrogen) atoms. The lowest BCUT2D eigenvalue weighted by atomic mass is 9.69.